The van der Waals surface area contributed by atoms with Gasteiger partial charge in [-0.15, -0.1) is 0 Å². The maximum atomic E-state index is 12.1. The number of aromatic nitrogens is 4. The first-order valence-corrected chi connectivity index (χ1v) is 13.1. The molecular weight excluding hydrogens is 571 g/mol. The standard InChI is InChI=1S/C15H10Cl2N2O.C15H11ClN2O2/c1-20-12-8-4-6-10(16)13(12)15-18-11-7-3-2-5-9(11)14(17)19-15;1-20-12-8-4-6-10(16)13(12)14-17-11-7-3-2-5-9(11)15(19)18-14/h2-8H,1H3;2-8H,1H3,(H,17,18,19). The Bertz CT molecular complexity index is 1910. The predicted molar refractivity (Wildman–Crippen MR) is 161 cm³/mol. The topological polar surface area (TPSA) is 90.0 Å². The Balaban J connectivity index is 0.000000161. The molecule has 0 amide bonds. The normalized spacial score (nSPS) is 10.7. The van der Waals surface area contributed by atoms with Gasteiger partial charge in [-0.2, -0.15) is 0 Å². The lowest BCUT2D eigenvalue weighted by Gasteiger charge is -2.10. The molecule has 6 rings (SSSR count). The van der Waals surface area contributed by atoms with Gasteiger partial charge < -0.3 is 14.5 Å². The molecule has 200 valence electrons. The number of hydrogen-bond acceptors (Lipinski definition) is 6. The quantitative estimate of drug-likeness (QED) is 0.210. The fourth-order valence-corrected chi connectivity index (χ4v) is 4.90. The molecule has 0 saturated heterocycles. The minimum Gasteiger partial charge on any atom is -0.496 e. The number of rotatable bonds is 4. The van der Waals surface area contributed by atoms with Gasteiger partial charge in [0.05, 0.1) is 51.8 Å². The molecule has 0 fully saturated rings. The summed E-state index contributed by atoms with van der Waals surface area (Å²) in [6, 6.07) is 25.4. The molecule has 40 heavy (non-hydrogen) atoms. The fourth-order valence-electron chi connectivity index (χ4n) is 4.15. The number of fused-ring (bicyclic) bond motifs is 2. The first-order chi connectivity index (χ1) is 19.4. The molecule has 0 saturated carbocycles. The number of benzene rings is 4. The molecule has 0 aliphatic rings. The third-order valence-electron chi connectivity index (χ3n) is 6.02. The number of nitrogens with zero attached hydrogens (tertiary/aromatic N) is 3. The van der Waals surface area contributed by atoms with Gasteiger partial charge in [-0.1, -0.05) is 71.2 Å². The Labute approximate surface area is 244 Å². The Hall–Kier alpha value is -4.17. The minimum atomic E-state index is -0.201. The van der Waals surface area contributed by atoms with Crippen LogP contribution in [0.15, 0.2) is 89.7 Å². The summed E-state index contributed by atoms with van der Waals surface area (Å²) in [4.78, 5) is 28.2. The Morgan fingerprint density at radius 3 is 1.82 bits per heavy atom. The maximum Gasteiger partial charge on any atom is 0.259 e. The molecular formula is C30H21Cl3N4O3. The van der Waals surface area contributed by atoms with Crippen LogP contribution in [0.1, 0.15) is 0 Å². The maximum absolute atomic E-state index is 12.1. The summed E-state index contributed by atoms with van der Waals surface area (Å²) in [7, 11) is 3.13. The van der Waals surface area contributed by atoms with Crippen molar-refractivity contribution in [3.8, 4) is 34.3 Å². The zero-order valence-electron chi connectivity index (χ0n) is 21.3. The molecule has 2 aromatic heterocycles. The van der Waals surface area contributed by atoms with Crippen LogP contribution in [0.4, 0.5) is 0 Å². The average Bonchev–Trinajstić information content (AvgIpc) is 2.97. The molecule has 0 aliphatic carbocycles. The highest BCUT2D eigenvalue weighted by atomic mass is 35.5. The summed E-state index contributed by atoms with van der Waals surface area (Å²) >= 11 is 18.7. The van der Waals surface area contributed by atoms with Gasteiger partial charge in [-0.05, 0) is 48.5 Å². The van der Waals surface area contributed by atoms with E-state index in [2.05, 4.69) is 19.9 Å². The third-order valence-corrected chi connectivity index (χ3v) is 6.94. The van der Waals surface area contributed by atoms with E-state index in [1.54, 1.807) is 56.7 Å². The predicted octanol–water partition coefficient (Wildman–Crippen LogP) is 7.86. The first kappa shape index (κ1) is 27.4. The minimum absolute atomic E-state index is 0.201. The van der Waals surface area contributed by atoms with Crippen molar-refractivity contribution < 1.29 is 9.47 Å². The van der Waals surface area contributed by atoms with Crippen LogP contribution in [0.3, 0.4) is 0 Å². The SMILES string of the molecule is COc1cccc(Cl)c1-c1nc(Cl)c2ccccc2n1.COc1cccc(Cl)c1-c1nc2ccccc2c(=O)[nH]1. The van der Waals surface area contributed by atoms with Crippen molar-refractivity contribution in [3.05, 3.63) is 110 Å². The van der Waals surface area contributed by atoms with Gasteiger partial charge >= 0.3 is 0 Å². The summed E-state index contributed by atoms with van der Waals surface area (Å²) in [5, 5.41) is 2.75. The van der Waals surface area contributed by atoms with Crippen molar-refractivity contribution in [2.45, 2.75) is 0 Å². The fraction of sp³-hybridized carbons (Fsp3) is 0.0667. The van der Waals surface area contributed by atoms with Gasteiger partial charge in [0, 0.05) is 5.39 Å². The highest BCUT2D eigenvalue weighted by Crippen LogP contribution is 2.36. The zero-order valence-corrected chi connectivity index (χ0v) is 23.6. The van der Waals surface area contributed by atoms with E-state index in [4.69, 9.17) is 44.3 Å². The molecule has 7 nitrogen and oxygen atoms in total. The molecule has 1 N–H and O–H groups in total. The summed E-state index contributed by atoms with van der Waals surface area (Å²) < 4.78 is 10.6. The summed E-state index contributed by atoms with van der Waals surface area (Å²) in [5.41, 5.74) is 2.41. The van der Waals surface area contributed by atoms with Crippen molar-refractivity contribution in [3.63, 3.8) is 0 Å². The number of hydrogen-bond donors (Lipinski definition) is 1. The van der Waals surface area contributed by atoms with E-state index >= 15 is 0 Å². The summed E-state index contributed by atoms with van der Waals surface area (Å²) in [6.45, 7) is 0. The average molecular weight is 592 g/mol. The summed E-state index contributed by atoms with van der Waals surface area (Å²) in [6.07, 6.45) is 0. The van der Waals surface area contributed by atoms with E-state index in [1.807, 2.05) is 42.5 Å². The number of aromatic amines is 1. The second-order valence-electron chi connectivity index (χ2n) is 8.42. The Morgan fingerprint density at radius 2 is 1.18 bits per heavy atom. The zero-order chi connectivity index (χ0) is 28.2. The van der Waals surface area contributed by atoms with Gasteiger partial charge in [0.2, 0.25) is 0 Å². The van der Waals surface area contributed by atoms with Gasteiger partial charge in [0.15, 0.2) is 5.82 Å². The molecule has 0 spiro atoms. The Morgan fingerprint density at radius 1 is 0.625 bits per heavy atom. The number of methoxy groups -OCH3 is 2. The third kappa shape index (κ3) is 5.45. The van der Waals surface area contributed by atoms with E-state index in [0.29, 0.717) is 60.4 Å². The van der Waals surface area contributed by atoms with Crippen molar-refractivity contribution in [2.24, 2.45) is 0 Å². The highest BCUT2D eigenvalue weighted by Gasteiger charge is 2.16. The van der Waals surface area contributed by atoms with Crippen molar-refractivity contribution in [1.82, 2.24) is 19.9 Å². The van der Waals surface area contributed by atoms with E-state index in [9.17, 15) is 4.79 Å². The second-order valence-corrected chi connectivity index (χ2v) is 9.59. The van der Waals surface area contributed by atoms with Crippen LogP contribution in [-0.2, 0) is 0 Å². The van der Waals surface area contributed by atoms with Gasteiger partial charge in [0.1, 0.15) is 22.5 Å². The van der Waals surface area contributed by atoms with E-state index in [-0.39, 0.29) is 5.56 Å². The van der Waals surface area contributed by atoms with E-state index in [0.717, 1.165) is 10.9 Å². The largest absolute Gasteiger partial charge is 0.496 e. The van der Waals surface area contributed by atoms with Crippen LogP contribution in [0.5, 0.6) is 11.5 Å². The van der Waals surface area contributed by atoms with Crippen molar-refractivity contribution in [1.29, 1.82) is 0 Å². The molecule has 10 heteroatoms. The molecule has 2 heterocycles. The number of ether oxygens (including phenoxy) is 2. The van der Waals surface area contributed by atoms with Gasteiger partial charge in [-0.3, -0.25) is 4.79 Å². The molecule has 0 bridgehead atoms. The number of H-pyrrole nitrogens is 1. The van der Waals surface area contributed by atoms with Gasteiger partial charge in [-0.25, -0.2) is 15.0 Å². The van der Waals surface area contributed by atoms with Crippen LogP contribution < -0.4 is 15.0 Å². The van der Waals surface area contributed by atoms with Crippen LogP contribution in [0.2, 0.25) is 15.2 Å². The van der Waals surface area contributed by atoms with Crippen LogP contribution >= 0.6 is 34.8 Å². The molecule has 0 unspecified atom stereocenters. The Kier molecular flexibility index (Phi) is 8.16. The van der Waals surface area contributed by atoms with Crippen LogP contribution in [0, 0.1) is 0 Å². The molecule has 0 radical (unpaired) electrons. The molecule has 0 aliphatic heterocycles. The first-order valence-electron chi connectivity index (χ1n) is 12.0. The van der Waals surface area contributed by atoms with Crippen molar-refractivity contribution in [2.75, 3.05) is 14.2 Å². The van der Waals surface area contributed by atoms with E-state index in [1.165, 1.54) is 0 Å². The smallest absolute Gasteiger partial charge is 0.259 e. The molecule has 6 aromatic rings. The second kappa shape index (κ2) is 11.9. The molecule has 4 aromatic carbocycles. The molecule has 0 atom stereocenters. The summed E-state index contributed by atoms with van der Waals surface area (Å²) in [5.74, 6) is 2.03. The number of para-hydroxylation sites is 2. The van der Waals surface area contributed by atoms with Crippen LogP contribution in [-0.4, -0.2) is 34.2 Å². The van der Waals surface area contributed by atoms with Gasteiger partial charge in [0.25, 0.3) is 5.56 Å². The lowest BCUT2D eigenvalue weighted by Crippen LogP contribution is -2.10. The van der Waals surface area contributed by atoms with Crippen LogP contribution in [0.25, 0.3) is 44.6 Å². The van der Waals surface area contributed by atoms with E-state index < -0.39 is 0 Å². The number of halogens is 3. The highest BCUT2D eigenvalue weighted by molar-refractivity contribution is 6.35. The number of nitrogens with one attached hydrogen (secondary N) is 1. The lowest BCUT2D eigenvalue weighted by atomic mass is 10.1. The van der Waals surface area contributed by atoms with Crippen molar-refractivity contribution >= 4 is 56.6 Å². The monoisotopic (exact) mass is 590 g/mol. The lowest BCUT2D eigenvalue weighted by molar-refractivity contribution is 0.416.